The topological polar surface area (TPSA) is 73.6 Å². The van der Waals surface area contributed by atoms with Crippen molar-refractivity contribution in [1.82, 2.24) is 0 Å². The molecule has 0 radical (unpaired) electrons. The first kappa shape index (κ1) is 17.9. The van der Waals surface area contributed by atoms with Gasteiger partial charge in [-0.25, -0.2) is 0 Å². The summed E-state index contributed by atoms with van der Waals surface area (Å²) >= 11 is 3.55. The number of nitrogens with one attached hydrogen (secondary N) is 1. The number of benzene rings is 2. The van der Waals surface area contributed by atoms with Gasteiger partial charge in [0.15, 0.2) is 0 Å². The predicted molar refractivity (Wildman–Crippen MR) is 107 cm³/mol. The highest BCUT2D eigenvalue weighted by Crippen LogP contribution is 2.54. The molecule has 2 aliphatic rings. The van der Waals surface area contributed by atoms with Gasteiger partial charge >= 0.3 is 0 Å². The Kier molecular flexibility index (Phi) is 4.55. The van der Waals surface area contributed by atoms with Crippen LogP contribution in [0.15, 0.2) is 47.0 Å². The largest absolute Gasteiger partial charge is 0.496 e. The Bertz CT molecular complexity index is 944. The summed E-state index contributed by atoms with van der Waals surface area (Å²) in [6.07, 6.45) is 5.18. The van der Waals surface area contributed by atoms with Crippen molar-refractivity contribution < 1.29 is 14.4 Å². The number of ether oxygens (including phenoxy) is 2. The number of nitrogens with zero attached hydrogens (tertiary/aromatic N) is 1. The van der Waals surface area contributed by atoms with E-state index >= 15 is 0 Å². The molecule has 0 spiro atoms. The zero-order valence-corrected chi connectivity index (χ0v) is 16.5. The Balaban J connectivity index is 1.87. The van der Waals surface area contributed by atoms with E-state index in [1.54, 1.807) is 13.2 Å². The summed E-state index contributed by atoms with van der Waals surface area (Å²) in [7, 11) is 3.20. The van der Waals surface area contributed by atoms with Gasteiger partial charge in [0.1, 0.15) is 11.5 Å². The third kappa shape index (κ3) is 2.96. The summed E-state index contributed by atoms with van der Waals surface area (Å²) in [4.78, 5) is 11.0. The Morgan fingerprint density at radius 1 is 1.15 bits per heavy atom. The minimum atomic E-state index is -0.375. The Labute approximate surface area is 165 Å². The number of non-ortho nitro benzene ring substituents is 1. The highest BCUT2D eigenvalue weighted by Gasteiger charge is 2.41. The molecule has 7 heteroatoms. The maximum atomic E-state index is 11.3. The zero-order chi connectivity index (χ0) is 19.1. The highest BCUT2D eigenvalue weighted by molar-refractivity contribution is 9.10. The first-order chi connectivity index (χ1) is 13.0. The molecule has 0 aromatic heterocycles. The number of rotatable bonds is 4. The van der Waals surface area contributed by atoms with E-state index in [2.05, 4.69) is 39.5 Å². The van der Waals surface area contributed by atoms with Crippen LogP contribution >= 0.6 is 15.9 Å². The monoisotopic (exact) mass is 430 g/mol. The Morgan fingerprint density at radius 3 is 2.63 bits per heavy atom. The summed E-state index contributed by atoms with van der Waals surface area (Å²) < 4.78 is 12.1. The minimum Gasteiger partial charge on any atom is -0.496 e. The second-order valence-electron chi connectivity index (χ2n) is 6.73. The van der Waals surface area contributed by atoms with Crippen LogP contribution in [0.4, 0.5) is 11.4 Å². The number of nitro benzene ring substituents is 1. The van der Waals surface area contributed by atoms with Gasteiger partial charge in [-0.15, -0.1) is 0 Å². The van der Waals surface area contributed by atoms with Gasteiger partial charge in [-0.2, -0.15) is 0 Å². The van der Waals surface area contributed by atoms with Crippen LogP contribution in [0.25, 0.3) is 0 Å². The van der Waals surface area contributed by atoms with E-state index in [0.717, 1.165) is 33.5 Å². The van der Waals surface area contributed by atoms with Crippen LogP contribution in [0.3, 0.4) is 0 Å². The fraction of sp³-hybridized carbons (Fsp3) is 0.300. The van der Waals surface area contributed by atoms with Crippen molar-refractivity contribution in [3.8, 4) is 11.5 Å². The third-order valence-corrected chi connectivity index (χ3v) is 5.87. The molecule has 1 heterocycles. The van der Waals surface area contributed by atoms with Gasteiger partial charge in [0.2, 0.25) is 0 Å². The minimum absolute atomic E-state index is 0.000283. The van der Waals surface area contributed by atoms with E-state index in [1.807, 2.05) is 12.1 Å². The molecule has 0 amide bonds. The molecule has 1 aliphatic carbocycles. The molecule has 1 aliphatic heterocycles. The lowest BCUT2D eigenvalue weighted by atomic mass is 9.76. The van der Waals surface area contributed by atoms with Crippen molar-refractivity contribution >= 4 is 27.3 Å². The highest BCUT2D eigenvalue weighted by atomic mass is 79.9. The van der Waals surface area contributed by atoms with E-state index in [-0.39, 0.29) is 28.5 Å². The molecule has 0 saturated carbocycles. The fourth-order valence-corrected chi connectivity index (χ4v) is 4.55. The van der Waals surface area contributed by atoms with Gasteiger partial charge in [0.25, 0.3) is 5.69 Å². The summed E-state index contributed by atoms with van der Waals surface area (Å²) in [5.74, 6) is 1.62. The van der Waals surface area contributed by atoms with Crippen molar-refractivity contribution in [3.05, 3.63) is 68.2 Å². The molecule has 2 unspecified atom stereocenters. The van der Waals surface area contributed by atoms with Crippen LogP contribution in [-0.2, 0) is 0 Å². The molecular weight excluding hydrogens is 412 g/mol. The predicted octanol–water partition coefficient (Wildman–Crippen LogP) is 5.20. The lowest BCUT2D eigenvalue weighted by Gasteiger charge is -2.38. The molecule has 140 valence electrons. The first-order valence-electron chi connectivity index (χ1n) is 8.66. The Hall–Kier alpha value is -2.54. The molecular formula is C20H19BrN2O4. The molecule has 0 bridgehead atoms. The molecule has 1 N–H and O–H groups in total. The first-order valence-corrected chi connectivity index (χ1v) is 9.45. The number of anilines is 1. The zero-order valence-electron chi connectivity index (χ0n) is 14.9. The van der Waals surface area contributed by atoms with Crippen molar-refractivity contribution in [2.24, 2.45) is 5.92 Å². The van der Waals surface area contributed by atoms with Crippen LogP contribution < -0.4 is 14.8 Å². The van der Waals surface area contributed by atoms with Crippen molar-refractivity contribution in [2.75, 3.05) is 19.5 Å². The van der Waals surface area contributed by atoms with Gasteiger partial charge in [0, 0.05) is 22.0 Å². The van der Waals surface area contributed by atoms with Crippen LogP contribution in [0, 0.1) is 16.0 Å². The maximum Gasteiger partial charge on any atom is 0.273 e. The number of nitro groups is 1. The van der Waals surface area contributed by atoms with Crippen molar-refractivity contribution in [1.29, 1.82) is 0 Å². The van der Waals surface area contributed by atoms with E-state index in [9.17, 15) is 10.1 Å². The van der Waals surface area contributed by atoms with E-state index in [0.29, 0.717) is 5.75 Å². The normalized spacial score (nSPS) is 22.6. The summed E-state index contributed by atoms with van der Waals surface area (Å²) in [5.41, 5.74) is 2.81. The lowest BCUT2D eigenvalue weighted by Crippen LogP contribution is -2.29. The fourth-order valence-electron chi connectivity index (χ4n) is 4.17. The van der Waals surface area contributed by atoms with E-state index in [1.165, 1.54) is 13.2 Å². The Morgan fingerprint density at radius 2 is 1.93 bits per heavy atom. The van der Waals surface area contributed by atoms with Crippen LogP contribution in [-0.4, -0.2) is 19.1 Å². The molecule has 3 atom stereocenters. The van der Waals surface area contributed by atoms with Gasteiger partial charge < -0.3 is 14.8 Å². The lowest BCUT2D eigenvalue weighted by molar-refractivity contribution is -0.385. The number of allylic oxidation sites excluding steroid dienone is 2. The average Bonchev–Trinajstić information content (AvgIpc) is 3.16. The summed E-state index contributed by atoms with van der Waals surface area (Å²) in [6.45, 7) is 0. The number of halogens is 1. The smallest absolute Gasteiger partial charge is 0.273 e. The second-order valence-corrected chi connectivity index (χ2v) is 7.65. The number of methoxy groups -OCH3 is 2. The van der Waals surface area contributed by atoms with Crippen molar-refractivity contribution in [2.45, 2.75) is 18.4 Å². The molecule has 4 rings (SSSR count). The molecule has 0 fully saturated rings. The van der Waals surface area contributed by atoms with Crippen LogP contribution in [0.2, 0.25) is 0 Å². The SMILES string of the molecule is COc1ccc(Br)cc1[C@H]1Nc2c(OC)cc([N+](=O)[O-])cc2C2C=CCC21. The molecule has 2 aromatic carbocycles. The summed E-state index contributed by atoms with van der Waals surface area (Å²) in [5, 5.41) is 14.9. The maximum absolute atomic E-state index is 11.3. The van der Waals surface area contributed by atoms with Crippen LogP contribution in [0.1, 0.15) is 29.5 Å². The third-order valence-electron chi connectivity index (χ3n) is 5.38. The van der Waals surface area contributed by atoms with E-state index in [4.69, 9.17) is 9.47 Å². The second kappa shape index (κ2) is 6.88. The number of hydrogen-bond acceptors (Lipinski definition) is 5. The molecule has 2 aromatic rings. The van der Waals surface area contributed by atoms with Gasteiger partial charge in [-0.3, -0.25) is 10.1 Å². The molecule has 6 nitrogen and oxygen atoms in total. The van der Waals surface area contributed by atoms with Gasteiger partial charge in [-0.1, -0.05) is 28.1 Å². The number of fused-ring (bicyclic) bond motifs is 3. The average molecular weight is 431 g/mol. The van der Waals surface area contributed by atoms with Crippen LogP contribution in [0.5, 0.6) is 11.5 Å². The number of hydrogen-bond donors (Lipinski definition) is 1. The van der Waals surface area contributed by atoms with E-state index < -0.39 is 0 Å². The molecule has 0 saturated heterocycles. The summed E-state index contributed by atoms with van der Waals surface area (Å²) in [6, 6.07) is 9.09. The van der Waals surface area contributed by atoms with Gasteiger partial charge in [0.05, 0.1) is 36.9 Å². The van der Waals surface area contributed by atoms with Gasteiger partial charge in [-0.05, 0) is 36.1 Å². The standard InChI is InChI=1S/C20H19BrN2O4/c1-26-17-7-6-11(21)8-16(17)19-14-5-3-4-13(14)15-9-12(23(24)25)10-18(27-2)20(15)22-19/h3-4,6-10,13-14,19,22H,5H2,1-2H3/t13?,14?,19-/m0/s1. The quantitative estimate of drug-likeness (QED) is 0.409. The van der Waals surface area contributed by atoms with Crippen molar-refractivity contribution in [3.63, 3.8) is 0 Å². The molecule has 27 heavy (non-hydrogen) atoms.